The van der Waals surface area contributed by atoms with Crippen LogP contribution in [0.3, 0.4) is 0 Å². The van der Waals surface area contributed by atoms with E-state index >= 15 is 0 Å². The summed E-state index contributed by atoms with van der Waals surface area (Å²) in [5.74, 6) is -0.328. The van der Waals surface area contributed by atoms with E-state index in [0.29, 0.717) is 13.2 Å². The van der Waals surface area contributed by atoms with Gasteiger partial charge in [0.1, 0.15) is 0 Å². The van der Waals surface area contributed by atoms with Crippen LogP contribution in [0.4, 0.5) is 0 Å². The molecule has 0 saturated heterocycles. The van der Waals surface area contributed by atoms with Gasteiger partial charge in [0.25, 0.3) is 0 Å². The zero-order valence-electron chi connectivity index (χ0n) is 12.2. The molecule has 2 rings (SSSR count). The number of hydrogen-bond acceptors (Lipinski definition) is 5. The summed E-state index contributed by atoms with van der Waals surface area (Å²) in [7, 11) is 0. The van der Waals surface area contributed by atoms with Crippen molar-refractivity contribution in [3.63, 3.8) is 0 Å². The second kappa shape index (κ2) is 6.80. The maximum atomic E-state index is 11.9. The van der Waals surface area contributed by atoms with E-state index in [4.69, 9.17) is 4.74 Å². The van der Waals surface area contributed by atoms with Crippen molar-refractivity contribution in [1.82, 2.24) is 20.0 Å². The average Bonchev–Trinajstić information content (AvgIpc) is 2.85. The van der Waals surface area contributed by atoms with Crippen LogP contribution in [0.15, 0.2) is 22.8 Å². The summed E-state index contributed by atoms with van der Waals surface area (Å²) in [6, 6.07) is 3.82. The monoisotopic (exact) mass is 352 g/mol. The van der Waals surface area contributed by atoms with E-state index < -0.39 is 5.97 Å². The molecule has 0 bridgehead atoms. The van der Waals surface area contributed by atoms with Crippen molar-refractivity contribution < 1.29 is 9.53 Å². The molecule has 2 aromatic heterocycles. The Balaban J connectivity index is 2.31. The Morgan fingerprint density at radius 3 is 2.76 bits per heavy atom. The van der Waals surface area contributed by atoms with E-state index in [9.17, 15) is 4.79 Å². The van der Waals surface area contributed by atoms with E-state index in [0.717, 1.165) is 15.9 Å². The van der Waals surface area contributed by atoms with Gasteiger partial charge in [0.15, 0.2) is 5.69 Å². The first kappa shape index (κ1) is 15.6. The standard InChI is InChI=1S/C14H17BrN4O2/c1-4-21-14(20)12-13(9(2)3)19(18-17-12)8-11-6-5-10(15)7-16-11/h5-7,9H,4,8H2,1-3H3. The molecule has 0 unspecified atom stereocenters. The highest BCUT2D eigenvalue weighted by atomic mass is 79.9. The number of nitrogens with zero attached hydrogens (tertiary/aromatic N) is 4. The molecule has 0 N–H and O–H groups in total. The third-order valence-corrected chi connectivity index (χ3v) is 3.36. The normalized spacial score (nSPS) is 10.9. The smallest absolute Gasteiger partial charge is 0.360 e. The molecule has 0 radical (unpaired) electrons. The van der Waals surface area contributed by atoms with Gasteiger partial charge in [-0.3, -0.25) is 4.98 Å². The number of rotatable bonds is 5. The molecule has 0 fully saturated rings. The minimum Gasteiger partial charge on any atom is -0.461 e. The lowest BCUT2D eigenvalue weighted by atomic mass is 10.1. The Labute approximate surface area is 131 Å². The Kier molecular flexibility index (Phi) is 5.06. The quantitative estimate of drug-likeness (QED) is 0.773. The predicted molar refractivity (Wildman–Crippen MR) is 81.1 cm³/mol. The molecule has 0 atom stereocenters. The highest BCUT2D eigenvalue weighted by Gasteiger charge is 2.23. The van der Waals surface area contributed by atoms with E-state index in [-0.39, 0.29) is 11.6 Å². The van der Waals surface area contributed by atoms with Crippen molar-refractivity contribution in [3.05, 3.63) is 39.9 Å². The molecule has 7 heteroatoms. The number of carbonyl (C=O) groups excluding carboxylic acids is 1. The fraction of sp³-hybridized carbons (Fsp3) is 0.429. The molecule has 2 aromatic rings. The van der Waals surface area contributed by atoms with Crippen LogP contribution in [0.5, 0.6) is 0 Å². The van der Waals surface area contributed by atoms with E-state index in [1.165, 1.54) is 0 Å². The Hall–Kier alpha value is -1.76. The number of ether oxygens (including phenoxy) is 1. The number of carbonyl (C=O) groups is 1. The van der Waals surface area contributed by atoms with Crippen LogP contribution in [-0.4, -0.2) is 32.6 Å². The predicted octanol–water partition coefficient (Wildman–Crippen LogP) is 2.78. The van der Waals surface area contributed by atoms with E-state index in [2.05, 4.69) is 31.2 Å². The Morgan fingerprint density at radius 1 is 1.43 bits per heavy atom. The van der Waals surface area contributed by atoms with Gasteiger partial charge in [-0.1, -0.05) is 19.1 Å². The number of aromatic nitrogens is 4. The van der Waals surface area contributed by atoms with Crippen LogP contribution < -0.4 is 0 Å². The van der Waals surface area contributed by atoms with E-state index in [1.54, 1.807) is 17.8 Å². The molecule has 0 aromatic carbocycles. The van der Waals surface area contributed by atoms with Crippen molar-refractivity contribution in [2.75, 3.05) is 6.61 Å². The highest BCUT2D eigenvalue weighted by molar-refractivity contribution is 9.10. The Morgan fingerprint density at radius 2 is 2.19 bits per heavy atom. The maximum absolute atomic E-state index is 11.9. The third kappa shape index (κ3) is 3.66. The van der Waals surface area contributed by atoms with Gasteiger partial charge in [-0.15, -0.1) is 5.10 Å². The van der Waals surface area contributed by atoms with Gasteiger partial charge in [0.2, 0.25) is 0 Å². The van der Waals surface area contributed by atoms with Crippen LogP contribution in [0, 0.1) is 0 Å². The highest BCUT2D eigenvalue weighted by Crippen LogP contribution is 2.19. The van der Waals surface area contributed by atoms with Gasteiger partial charge < -0.3 is 4.74 Å². The van der Waals surface area contributed by atoms with Crippen LogP contribution >= 0.6 is 15.9 Å². The van der Waals surface area contributed by atoms with Crippen molar-refractivity contribution in [3.8, 4) is 0 Å². The minimum absolute atomic E-state index is 0.106. The zero-order valence-corrected chi connectivity index (χ0v) is 13.8. The van der Waals surface area contributed by atoms with Crippen molar-refractivity contribution in [1.29, 1.82) is 0 Å². The summed E-state index contributed by atoms with van der Waals surface area (Å²) in [5, 5.41) is 8.04. The molecule has 0 saturated carbocycles. The maximum Gasteiger partial charge on any atom is 0.360 e. The lowest BCUT2D eigenvalue weighted by Gasteiger charge is -2.10. The molecule has 6 nitrogen and oxygen atoms in total. The number of hydrogen-bond donors (Lipinski definition) is 0. The fourth-order valence-corrected chi connectivity index (χ4v) is 2.24. The van der Waals surface area contributed by atoms with Crippen molar-refractivity contribution in [2.24, 2.45) is 0 Å². The van der Waals surface area contributed by atoms with Gasteiger partial charge in [-0.2, -0.15) is 0 Å². The zero-order chi connectivity index (χ0) is 15.4. The second-order valence-electron chi connectivity index (χ2n) is 4.82. The third-order valence-electron chi connectivity index (χ3n) is 2.89. The molecule has 112 valence electrons. The van der Waals surface area contributed by atoms with Crippen LogP contribution in [-0.2, 0) is 11.3 Å². The summed E-state index contributed by atoms with van der Waals surface area (Å²) in [6.45, 7) is 6.54. The summed E-state index contributed by atoms with van der Waals surface area (Å²) in [6.07, 6.45) is 1.73. The van der Waals surface area contributed by atoms with E-state index in [1.807, 2.05) is 26.0 Å². The van der Waals surface area contributed by atoms with Gasteiger partial charge in [0, 0.05) is 10.7 Å². The van der Waals surface area contributed by atoms with Crippen LogP contribution in [0.25, 0.3) is 0 Å². The average molecular weight is 353 g/mol. The molecule has 0 aliphatic rings. The molecule has 0 aliphatic carbocycles. The van der Waals surface area contributed by atoms with Gasteiger partial charge in [-0.25, -0.2) is 9.48 Å². The molecule has 21 heavy (non-hydrogen) atoms. The molecule has 0 aliphatic heterocycles. The van der Waals surface area contributed by atoms with Gasteiger partial charge in [-0.05, 0) is 40.9 Å². The lowest BCUT2D eigenvalue weighted by molar-refractivity contribution is 0.0517. The van der Waals surface area contributed by atoms with Crippen LogP contribution in [0.1, 0.15) is 48.6 Å². The summed E-state index contributed by atoms with van der Waals surface area (Å²) >= 11 is 3.35. The minimum atomic E-state index is -0.434. The summed E-state index contributed by atoms with van der Waals surface area (Å²) in [5.41, 5.74) is 1.89. The second-order valence-corrected chi connectivity index (χ2v) is 5.74. The first-order valence-electron chi connectivity index (χ1n) is 6.73. The first-order valence-corrected chi connectivity index (χ1v) is 7.53. The fourth-order valence-electron chi connectivity index (χ4n) is 2.01. The molecule has 2 heterocycles. The summed E-state index contributed by atoms with van der Waals surface area (Å²) < 4.78 is 7.64. The molecular weight excluding hydrogens is 336 g/mol. The van der Waals surface area contributed by atoms with Gasteiger partial charge in [0.05, 0.1) is 24.5 Å². The van der Waals surface area contributed by atoms with Gasteiger partial charge >= 0.3 is 5.97 Å². The molecular formula is C14H17BrN4O2. The number of halogens is 1. The largest absolute Gasteiger partial charge is 0.461 e. The number of pyridine rings is 1. The molecule has 0 amide bonds. The van der Waals surface area contributed by atoms with Crippen LogP contribution in [0.2, 0.25) is 0 Å². The SMILES string of the molecule is CCOC(=O)c1nnn(Cc2ccc(Br)cn2)c1C(C)C. The first-order chi connectivity index (χ1) is 10.0. The topological polar surface area (TPSA) is 69.9 Å². The summed E-state index contributed by atoms with van der Waals surface area (Å²) in [4.78, 5) is 16.2. The molecule has 0 spiro atoms. The Bertz CT molecular complexity index is 622. The lowest BCUT2D eigenvalue weighted by Crippen LogP contribution is -2.13. The van der Waals surface area contributed by atoms with Crippen molar-refractivity contribution >= 4 is 21.9 Å². The number of esters is 1. The van der Waals surface area contributed by atoms with Crippen molar-refractivity contribution in [2.45, 2.75) is 33.2 Å².